The zero-order chi connectivity index (χ0) is 18.1. The van der Waals surface area contributed by atoms with Gasteiger partial charge in [0.25, 0.3) is 5.91 Å². The number of carbonyl (C=O) groups is 1. The van der Waals surface area contributed by atoms with Crippen molar-refractivity contribution in [3.8, 4) is 16.9 Å². The van der Waals surface area contributed by atoms with Crippen LogP contribution in [0, 0.1) is 0 Å². The van der Waals surface area contributed by atoms with Gasteiger partial charge in [-0.15, -0.1) is 0 Å². The van der Waals surface area contributed by atoms with Crippen molar-refractivity contribution in [1.82, 2.24) is 14.8 Å². The van der Waals surface area contributed by atoms with E-state index in [1.807, 2.05) is 36.4 Å². The van der Waals surface area contributed by atoms with Crippen molar-refractivity contribution < 1.29 is 9.90 Å². The summed E-state index contributed by atoms with van der Waals surface area (Å²) in [6.45, 7) is 0. The predicted octanol–water partition coefficient (Wildman–Crippen LogP) is 3.59. The number of nitrogens with zero attached hydrogens (tertiary/aromatic N) is 3. The second-order valence-corrected chi connectivity index (χ2v) is 5.97. The Bertz CT molecular complexity index is 1100. The molecule has 6 nitrogen and oxygen atoms in total. The van der Waals surface area contributed by atoms with E-state index in [1.165, 1.54) is 4.68 Å². The van der Waals surface area contributed by atoms with Crippen molar-refractivity contribution in [2.24, 2.45) is 7.05 Å². The number of amides is 1. The maximum atomic E-state index is 12.3. The molecule has 0 aliphatic carbocycles. The van der Waals surface area contributed by atoms with Gasteiger partial charge in [-0.2, -0.15) is 5.10 Å². The van der Waals surface area contributed by atoms with Crippen LogP contribution < -0.4 is 5.32 Å². The molecule has 128 valence electrons. The number of carbonyl (C=O) groups excluding carboxylic acids is 1. The van der Waals surface area contributed by atoms with Crippen molar-refractivity contribution in [3.05, 3.63) is 72.7 Å². The van der Waals surface area contributed by atoms with E-state index in [0.29, 0.717) is 11.4 Å². The number of pyridine rings is 1. The van der Waals surface area contributed by atoms with Crippen molar-refractivity contribution in [2.75, 3.05) is 5.32 Å². The molecule has 1 amide bonds. The van der Waals surface area contributed by atoms with Gasteiger partial charge < -0.3 is 10.4 Å². The Morgan fingerprint density at radius 1 is 1.04 bits per heavy atom. The Kier molecular flexibility index (Phi) is 3.85. The number of rotatable bonds is 3. The third kappa shape index (κ3) is 3.00. The minimum absolute atomic E-state index is 0.218. The standard InChI is InChI=1S/C20H16N4O2/c1-24-19(8-9-22-24)20(26)23-16-5-2-14-10-15(12-21-18(14)11-16)13-3-6-17(25)7-4-13/h2-12,25H,1H3,(H,23,26). The van der Waals surface area contributed by atoms with E-state index >= 15 is 0 Å². The van der Waals surface area contributed by atoms with E-state index in [2.05, 4.69) is 15.4 Å². The second-order valence-electron chi connectivity index (χ2n) is 5.97. The molecular weight excluding hydrogens is 328 g/mol. The smallest absolute Gasteiger partial charge is 0.273 e. The summed E-state index contributed by atoms with van der Waals surface area (Å²) in [4.78, 5) is 16.8. The van der Waals surface area contributed by atoms with E-state index in [1.54, 1.807) is 37.6 Å². The van der Waals surface area contributed by atoms with E-state index in [4.69, 9.17) is 0 Å². The first-order chi connectivity index (χ1) is 12.6. The van der Waals surface area contributed by atoms with E-state index in [-0.39, 0.29) is 11.7 Å². The van der Waals surface area contributed by atoms with Gasteiger partial charge in [-0.05, 0) is 42.0 Å². The van der Waals surface area contributed by atoms with Gasteiger partial charge in [-0.25, -0.2) is 0 Å². The predicted molar refractivity (Wildman–Crippen MR) is 100 cm³/mol. The van der Waals surface area contributed by atoms with Gasteiger partial charge in [0.05, 0.1) is 5.52 Å². The number of phenols is 1. The van der Waals surface area contributed by atoms with Crippen LogP contribution in [0.25, 0.3) is 22.0 Å². The molecule has 6 heteroatoms. The van der Waals surface area contributed by atoms with Crippen LogP contribution in [-0.2, 0) is 7.05 Å². The van der Waals surface area contributed by atoms with Crippen LogP contribution >= 0.6 is 0 Å². The Morgan fingerprint density at radius 2 is 1.85 bits per heavy atom. The number of hydrogen-bond donors (Lipinski definition) is 2. The molecule has 4 rings (SSSR count). The molecule has 2 aromatic carbocycles. The van der Waals surface area contributed by atoms with E-state index < -0.39 is 0 Å². The third-order valence-electron chi connectivity index (χ3n) is 4.20. The molecule has 0 unspecified atom stereocenters. The number of phenolic OH excluding ortho intramolecular Hbond substituents is 1. The molecule has 0 fully saturated rings. The molecule has 26 heavy (non-hydrogen) atoms. The first kappa shape index (κ1) is 15.8. The van der Waals surface area contributed by atoms with Gasteiger partial charge >= 0.3 is 0 Å². The van der Waals surface area contributed by atoms with Crippen molar-refractivity contribution in [1.29, 1.82) is 0 Å². The van der Waals surface area contributed by atoms with Gasteiger partial charge in [-0.3, -0.25) is 14.5 Å². The van der Waals surface area contributed by atoms with Gasteiger partial charge in [0, 0.05) is 36.1 Å². The van der Waals surface area contributed by atoms with Crippen LogP contribution in [0.5, 0.6) is 5.75 Å². The maximum absolute atomic E-state index is 12.3. The summed E-state index contributed by atoms with van der Waals surface area (Å²) < 4.78 is 1.53. The van der Waals surface area contributed by atoms with Crippen LogP contribution in [0.1, 0.15) is 10.5 Å². The SMILES string of the molecule is Cn1nccc1C(=O)Nc1ccc2cc(-c3ccc(O)cc3)cnc2c1. The summed E-state index contributed by atoms with van der Waals surface area (Å²) in [6.07, 6.45) is 3.36. The molecule has 2 heterocycles. The first-order valence-electron chi connectivity index (χ1n) is 8.09. The van der Waals surface area contributed by atoms with Gasteiger partial charge in [0.2, 0.25) is 0 Å². The minimum Gasteiger partial charge on any atom is -0.508 e. The number of aromatic hydroxyl groups is 1. The Labute approximate surface area is 149 Å². The molecule has 2 N–H and O–H groups in total. The summed E-state index contributed by atoms with van der Waals surface area (Å²) in [6, 6.07) is 16.3. The lowest BCUT2D eigenvalue weighted by atomic mass is 10.1. The molecule has 4 aromatic rings. The fourth-order valence-corrected chi connectivity index (χ4v) is 2.80. The zero-order valence-electron chi connectivity index (χ0n) is 14.0. The molecule has 0 aliphatic heterocycles. The lowest BCUT2D eigenvalue weighted by Crippen LogP contribution is -2.16. The average Bonchev–Trinajstić information content (AvgIpc) is 3.08. The topological polar surface area (TPSA) is 80.0 Å². The highest BCUT2D eigenvalue weighted by atomic mass is 16.3. The minimum atomic E-state index is -0.218. The molecule has 2 aromatic heterocycles. The Morgan fingerprint density at radius 3 is 2.58 bits per heavy atom. The van der Waals surface area contributed by atoms with Crippen LogP contribution in [0.15, 0.2) is 67.0 Å². The van der Waals surface area contributed by atoms with Crippen LogP contribution in [0.4, 0.5) is 5.69 Å². The molecule has 0 aliphatic rings. The van der Waals surface area contributed by atoms with Gasteiger partial charge in [0.1, 0.15) is 11.4 Å². The number of nitrogens with one attached hydrogen (secondary N) is 1. The molecule has 0 spiro atoms. The molecular formula is C20H16N4O2. The average molecular weight is 344 g/mol. The summed E-state index contributed by atoms with van der Waals surface area (Å²) in [5.41, 5.74) is 3.89. The number of benzene rings is 2. The highest BCUT2D eigenvalue weighted by molar-refractivity contribution is 6.04. The van der Waals surface area contributed by atoms with E-state index in [9.17, 15) is 9.90 Å². The normalized spacial score (nSPS) is 10.8. The lowest BCUT2D eigenvalue weighted by molar-refractivity contribution is 0.101. The molecule has 0 radical (unpaired) electrons. The molecule has 0 atom stereocenters. The fourth-order valence-electron chi connectivity index (χ4n) is 2.80. The van der Waals surface area contributed by atoms with Crippen LogP contribution in [0.2, 0.25) is 0 Å². The quantitative estimate of drug-likeness (QED) is 0.595. The largest absolute Gasteiger partial charge is 0.508 e. The zero-order valence-corrected chi connectivity index (χ0v) is 14.0. The first-order valence-corrected chi connectivity index (χ1v) is 8.09. The Hall–Kier alpha value is -3.67. The van der Waals surface area contributed by atoms with Gasteiger partial charge in [-0.1, -0.05) is 18.2 Å². The van der Waals surface area contributed by atoms with E-state index in [0.717, 1.165) is 22.0 Å². The van der Waals surface area contributed by atoms with Crippen molar-refractivity contribution in [3.63, 3.8) is 0 Å². The maximum Gasteiger partial charge on any atom is 0.273 e. The number of aromatic nitrogens is 3. The summed E-state index contributed by atoms with van der Waals surface area (Å²) >= 11 is 0. The summed E-state index contributed by atoms with van der Waals surface area (Å²) in [5.74, 6) is 0.0152. The fraction of sp³-hybridized carbons (Fsp3) is 0.0500. The molecule has 0 saturated carbocycles. The summed E-state index contributed by atoms with van der Waals surface area (Å²) in [7, 11) is 1.72. The molecule has 0 saturated heterocycles. The lowest BCUT2D eigenvalue weighted by Gasteiger charge is -2.08. The highest BCUT2D eigenvalue weighted by Gasteiger charge is 2.10. The summed E-state index contributed by atoms with van der Waals surface area (Å²) in [5, 5.41) is 17.2. The number of fused-ring (bicyclic) bond motifs is 1. The monoisotopic (exact) mass is 344 g/mol. The van der Waals surface area contributed by atoms with Crippen LogP contribution in [0.3, 0.4) is 0 Å². The number of hydrogen-bond acceptors (Lipinski definition) is 4. The number of aryl methyl sites for hydroxylation is 1. The van der Waals surface area contributed by atoms with Gasteiger partial charge in [0.15, 0.2) is 0 Å². The van der Waals surface area contributed by atoms with Crippen molar-refractivity contribution in [2.45, 2.75) is 0 Å². The molecule has 0 bridgehead atoms. The highest BCUT2D eigenvalue weighted by Crippen LogP contribution is 2.26. The third-order valence-corrected chi connectivity index (χ3v) is 4.20. The second kappa shape index (κ2) is 6.33. The van der Waals surface area contributed by atoms with Crippen LogP contribution in [-0.4, -0.2) is 25.8 Å². The van der Waals surface area contributed by atoms with Crippen molar-refractivity contribution >= 4 is 22.5 Å². The Balaban J connectivity index is 1.62. The number of anilines is 1.